The van der Waals surface area contributed by atoms with Gasteiger partial charge < -0.3 is 14.8 Å². The van der Waals surface area contributed by atoms with E-state index in [1.165, 1.54) is 25.2 Å². The van der Waals surface area contributed by atoms with E-state index in [1.807, 2.05) is 0 Å². The van der Waals surface area contributed by atoms with Crippen LogP contribution in [0.4, 0.5) is 18.9 Å². The lowest BCUT2D eigenvalue weighted by Gasteiger charge is -2.20. The van der Waals surface area contributed by atoms with Gasteiger partial charge in [0, 0.05) is 7.05 Å². The molecule has 0 bridgehead atoms. The molecule has 7 nitrogen and oxygen atoms in total. The predicted octanol–water partition coefficient (Wildman–Crippen LogP) is 3.04. The fraction of sp³-hybridized carbons (Fsp3) is 0.231. The summed E-state index contributed by atoms with van der Waals surface area (Å²) in [6.07, 6.45) is 0.0599. The van der Waals surface area contributed by atoms with E-state index in [0.717, 1.165) is 11.8 Å². The quantitative estimate of drug-likeness (QED) is 0.145. The summed E-state index contributed by atoms with van der Waals surface area (Å²) in [6.45, 7) is 0.997. The summed E-state index contributed by atoms with van der Waals surface area (Å²) >= 11 is 11.9. The van der Waals surface area contributed by atoms with Gasteiger partial charge in [0.25, 0.3) is 0 Å². The smallest absolute Gasteiger partial charge is 0.369 e. The first-order chi connectivity index (χ1) is 11.8. The molecule has 0 aliphatic rings. The number of halogens is 5. The van der Waals surface area contributed by atoms with Gasteiger partial charge in [0.1, 0.15) is 0 Å². The minimum Gasteiger partial charge on any atom is -0.369 e. The summed E-state index contributed by atoms with van der Waals surface area (Å²) in [5, 5.41) is 0.232. The van der Waals surface area contributed by atoms with Crippen LogP contribution in [-0.4, -0.2) is 33.2 Å². The van der Waals surface area contributed by atoms with Crippen molar-refractivity contribution in [3.8, 4) is 0 Å². The second-order valence-corrected chi connectivity index (χ2v) is 7.01. The molecule has 13 heteroatoms. The van der Waals surface area contributed by atoms with E-state index >= 15 is 0 Å². The van der Waals surface area contributed by atoms with E-state index in [0.29, 0.717) is 0 Å². The van der Waals surface area contributed by atoms with Crippen LogP contribution >= 0.6 is 23.2 Å². The number of hydrogen-bond acceptors (Lipinski definition) is 5. The second kappa shape index (κ2) is 8.14. The summed E-state index contributed by atoms with van der Waals surface area (Å²) in [5.41, 5.74) is -0.368. The molecule has 26 heavy (non-hydrogen) atoms. The molecule has 0 aromatic heterocycles. The van der Waals surface area contributed by atoms with Crippen molar-refractivity contribution in [1.29, 1.82) is 0 Å². The second-order valence-electron chi connectivity index (χ2n) is 4.69. The number of allylic oxidation sites excluding steroid dienone is 1. The van der Waals surface area contributed by atoms with Gasteiger partial charge >= 0.3 is 15.6 Å². The molecule has 2 N–H and O–H groups in total. The Bertz CT molecular complexity index is 870. The van der Waals surface area contributed by atoms with Gasteiger partial charge in [-0.25, -0.2) is 0 Å². The first-order valence-corrected chi connectivity index (χ1v) is 8.67. The molecule has 0 aliphatic carbocycles. The summed E-state index contributed by atoms with van der Waals surface area (Å²) in [7, 11) is -4.71. The molecule has 1 rings (SSSR count). The van der Waals surface area contributed by atoms with Crippen LogP contribution in [0.3, 0.4) is 0 Å². The minimum atomic E-state index is -6.05. The molecule has 144 valence electrons. The van der Waals surface area contributed by atoms with E-state index in [9.17, 15) is 26.4 Å². The van der Waals surface area contributed by atoms with Gasteiger partial charge in [-0.2, -0.15) is 26.6 Å². The van der Waals surface area contributed by atoms with E-state index < -0.39 is 33.0 Å². The number of hydrogen-bond donors (Lipinski definition) is 1. The third-order valence-electron chi connectivity index (χ3n) is 2.84. The lowest BCUT2D eigenvalue weighted by atomic mass is 10.3. The third-order valence-corrected chi connectivity index (χ3v) is 4.59. The first-order valence-electron chi connectivity index (χ1n) is 6.50. The maximum atomic E-state index is 12.5. The monoisotopic (exact) mass is 433 g/mol. The average molecular weight is 434 g/mol. The molecular weight excluding hydrogens is 422 g/mol. The first kappa shape index (κ1) is 22.1. The maximum absolute atomic E-state index is 12.5. The van der Waals surface area contributed by atoms with Gasteiger partial charge in [-0.3, -0.25) is 4.79 Å². The standard InChI is InChI=1S/C13H12Cl2F3N3O4S/c1-7(6-22)11(25-26(23,24)13(16,17)18)20-12(19)21(2)9-5-3-4-8(14)10(9)15/h3-6H,1-2H3,(H2,19,20)/b11-7+. The van der Waals surface area contributed by atoms with Crippen molar-refractivity contribution < 1.29 is 30.6 Å². The largest absolute Gasteiger partial charge is 0.534 e. The molecule has 0 saturated carbocycles. The van der Waals surface area contributed by atoms with Crippen LogP contribution in [-0.2, 0) is 19.1 Å². The Balaban J connectivity index is 3.34. The van der Waals surface area contributed by atoms with Crippen LogP contribution in [0.2, 0.25) is 10.0 Å². The lowest BCUT2D eigenvalue weighted by molar-refractivity contribution is -0.105. The van der Waals surface area contributed by atoms with Gasteiger partial charge in [0.15, 0.2) is 6.29 Å². The molecule has 0 atom stereocenters. The normalized spacial score (nSPS) is 13.9. The zero-order valence-corrected chi connectivity index (χ0v) is 15.5. The third kappa shape index (κ3) is 5.02. The molecule has 0 spiro atoms. The number of nitrogens with zero attached hydrogens (tertiary/aromatic N) is 2. The van der Waals surface area contributed by atoms with Crippen LogP contribution in [0.1, 0.15) is 6.92 Å². The van der Waals surface area contributed by atoms with Crippen LogP contribution in [0.25, 0.3) is 0 Å². The Morgan fingerprint density at radius 3 is 2.42 bits per heavy atom. The van der Waals surface area contributed by atoms with Crippen molar-refractivity contribution in [2.45, 2.75) is 12.4 Å². The Kier molecular flexibility index (Phi) is 6.91. The van der Waals surface area contributed by atoms with Gasteiger partial charge in [-0.05, 0) is 19.1 Å². The van der Waals surface area contributed by atoms with Gasteiger partial charge in [0.2, 0.25) is 11.8 Å². The number of aliphatic imine (C=N–C) groups is 1. The summed E-state index contributed by atoms with van der Waals surface area (Å²) in [4.78, 5) is 15.4. The zero-order valence-electron chi connectivity index (χ0n) is 13.2. The Morgan fingerprint density at radius 1 is 1.35 bits per heavy atom. The number of alkyl halides is 3. The number of aldehydes is 1. The Hall–Kier alpha value is -1.98. The van der Waals surface area contributed by atoms with Crippen molar-refractivity contribution in [1.82, 2.24) is 0 Å². The van der Waals surface area contributed by atoms with E-state index in [-0.39, 0.29) is 22.0 Å². The predicted molar refractivity (Wildman–Crippen MR) is 91.3 cm³/mol. The van der Waals surface area contributed by atoms with Crippen molar-refractivity contribution in [3.63, 3.8) is 0 Å². The number of guanidine groups is 1. The van der Waals surface area contributed by atoms with Crippen molar-refractivity contribution >= 4 is 51.3 Å². The van der Waals surface area contributed by atoms with Crippen LogP contribution in [0, 0.1) is 0 Å². The zero-order chi connectivity index (χ0) is 20.3. The molecular formula is C13H12Cl2F3N3O4S. The molecule has 1 aromatic carbocycles. The van der Waals surface area contributed by atoms with E-state index in [1.54, 1.807) is 0 Å². The van der Waals surface area contributed by atoms with Crippen molar-refractivity contribution in [3.05, 3.63) is 39.7 Å². The number of nitrogens with two attached hydrogens (primary N) is 1. The summed E-state index contributed by atoms with van der Waals surface area (Å²) in [6, 6.07) is 4.47. The van der Waals surface area contributed by atoms with Crippen molar-refractivity contribution in [2.24, 2.45) is 10.7 Å². The Labute approximate surface area is 157 Å². The molecule has 0 saturated heterocycles. The van der Waals surface area contributed by atoms with Gasteiger partial charge in [0.05, 0.1) is 21.3 Å². The van der Waals surface area contributed by atoms with E-state index in [4.69, 9.17) is 28.9 Å². The van der Waals surface area contributed by atoms with Crippen LogP contribution in [0.15, 0.2) is 34.6 Å². The van der Waals surface area contributed by atoms with Gasteiger partial charge in [-0.15, -0.1) is 0 Å². The molecule has 0 amide bonds. The SMILES string of the molecule is C/C(C=O)=C(/N=C(/N)N(C)c1cccc(Cl)c1Cl)OS(=O)(=O)C(F)(F)F. The summed E-state index contributed by atoms with van der Waals surface area (Å²) < 4.78 is 63.6. The highest BCUT2D eigenvalue weighted by Crippen LogP contribution is 2.32. The molecule has 0 aliphatic heterocycles. The number of rotatable bonds is 5. The molecule has 0 heterocycles. The van der Waals surface area contributed by atoms with E-state index in [2.05, 4.69) is 9.18 Å². The molecule has 1 aromatic rings. The fourth-order valence-electron chi connectivity index (χ4n) is 1.43. The highest BCUT2D eigenvalue weighted by molar-refractivity contribution is 7.87. The van der Waals surface area contributed by atoms with Crippen molar-refractivity contribution in [2.75, 3.05) is 11.9 Å². The van der Waals surface area contributed by atoms with Crippen LogP contribution in [0.5, 0.6) is 0 Å². The number of anilines is 1. The lowest BCUT2D eigenvalue weighted by Crippen LogP contribution is -2.35. The average Bonchev–Trinajstić information content (AvgIpc) is 2.54. The number of carbonyl (C=O) groups excluding carboxylic acids is 1. The highest BCUT2D eigenvalue weighted by Gasteiger charge is 2.49. The topological polar surface area (TPSA) is 102 Å². The molecule has 0 fully saturated rings. The maximum Gasteiger partial charge on any atom is 0.534 e. The minimum absolute atomic E-state index is 0.0599. The summed E-state index contributed by atoms with van der Waals surface area (Å²) in [5.74, 6) is -1.65. The number of benzene rings is 1. The molecule has 0 radical (unpaired) electrons. The Morgan fingerprint density at radius 2 is 1.92 bits per heavy atom. The molecule has 0 unspecified atom stereocenters. The number of carbonyl (C=O) groups is 1. The highest BCUT2D eigenvalue weighted by atomic mass is 35.5. The van der Waals surface area contributed by atoms with Crippen LogP contribution < -0.4 is 10.6 Å². The fourth-order valence-corrected chi connectivity index (χ4v) is 2.32. The van der Waals surface area contributed by atoms with Gasteiger partial charge in [-0.1, -0.05) is 29.3 Å².